The van der Waals surface area contributed by atoms with Gasteiger partial charge in [0.15, 0.2) is 0 Å². The molecule has 4 nitrogen and oxygen atoms in total. The van der Waals surface area contributed by atoms with E-state index in [9.17, 15) is 9.59 Å². The monoisotopic (exact) mass is 409 g/mol. The van der Waals surface area contributed by atoms with Crippen molar-refractivity contribution in [1.82, 2.24) is 4.90 Å². The Morgan fingerprint density at radius 1 is 1.10 bits per heavy atom. The van der Waals surface area contributed by atoms with Crippen LogP contribution in [0.3, 0.4) is 0 Å². The zero-order valence-corrected chi connectivity index (χ0v) is 18.4. The number of amides is 2. The molecule has 2 amide bonds. The number of benzene rings is 2. The highest BCUT2D eigenvalue weighted by molar-refractivity contribution is 8.18. The Kier molecular flexibility index (Phi) is 6.48. The van der Waals surface area contributed by atoms with Crippen LogP contribution in [-0.4, -0.2) is 22.7 Å². The molecule has 3 rings (SSSR count). The van der Waals surface area contributed by atoms with Gasteiger partial charge in [0.05, 0.1) is 18.1 Å². The summed E-state index contributed by atoms with van der Waals surface area (Å²) < 4.78 is 5.78. The molecule has 2 aromatic rings. The number of aryl methyl sites for hydroxylation is 2. The topological polar surface area (TPSA) is 46.6 Å². The second kappa shape index (κ2) is 8.87. The van der Waals surface area contributed by atoms with E-state index < -0.39 is 0 Å². The van der Waals surface area contributed by atoms with Crippen molar-refractivity contribution in [3.05, 3.63) is 69.1 Å². The van der Waals surface area contributed by atoms with Crippen LogP contribution in [0.4, 0.5) is 4.79 Å². The second-order valence-electron chi connectivity index (χ2n) is 7.59. The Balaban J connectivity index is 1.89. The van der Waals surface area contributed by atoms with Crippen LogP contribution in [0.15, 0.2) is 41.3 Å². The summed E-state index contributed by atoms with van der Waals surface area (Å²) in [4.78, 5) is 27.1. The maximum Gasteiger partial charge on any atom is 0.293 e. The predicted octanol–water partition coefficient (Wildman–Crippen LogP) is 6.06. The summed E-state index contributed by atoms with van der Waals surface area (Å²) in [6.45, 7) is 11.1. The summed E-state index contributed by atoms with van der Waals surface area (Å²) in [5.74, 6) is 0.936. The summed E-state index contributed by atoms with van der Waals surface area (Å²) in [6, 6.07) is 12.0. The number of nitrogens with zero attached hydrogens (tertiary/aromatic N) is 1. The molecule has 0 bridgehead atoms. The molecule has 152 valence electrons. The van der Waals surface area contributed by atoms with E-state index >= 15 is 0 Å². The minimum atomic E-state index is -0.236. The second-order valence-corrected chi connectivity index (χ2v) is 8.58. The fourth-order valence-corrected chi connectivity index (χ4v) is 4.09. The first-order chi connectivity index (χ1) is 13.8. The summed E-state index contributed by atoms with van der Waals surface area (Å²) in [5.41, 5.74) is 5.15. The van der Waals surface area contributed by atoms with Gasteiger partial charge in [-0.15, -0.1) is 0 Å². The molecule has 1 aliphatic rings. The van der Waals surface area contributed by atoms with Crippen LogP contribution >= 0.6 is 11.8 Å². The molecule has 1 aliphatic heterocycles. The fraction of sp³-hybridized carbons (Fsp3) is 0.333. The molecule has 0 aromatic heterocycles. The highest BCUT2D eigenvalue weighted by Crippen LogP contribution is 2.36. The number of ether oxygens (including phenoxy) is 1. The minimum absolute atomic E-state index is 0.227. The van der Waals surface area contributed by atoms with Crippen LogP contribution in [0.2, 0.25) is 0 Å². The maximum absolute atomic E-state index is 12.9. The molecule has 0 saturated carbocycles. The van der Waals surface area contributed by atoms with Crippen LogP contribution < -0.4 is 4.74 Å². The molecule has 1 saturated heterocycles. The Hall–Kier alpha value is -2.53. The molecule has 5 heteroatoms. The van der Waals surface area contributed by atoms with E-state index in [1.807, 2.05) is 57.2 Å². The van der Waals surface area contributed by atoms with Gasteiger partial charge in [0.25, 0.3) is 11.1 Å². The van der Waals surface area contributed by atoms with E-state index in [4.69, 9.17) is 4.74 Å². The van der Waals surface area contributed by atoms with Gasteiger partial charge in [-0.3, -0.25) is 14.5 Å². The Morgan fingerprint density at radius 2 is 1.79 bits per heavy atom. The first kappa shape index (κ1) is 21.2. The molecule has 0 atom stereocenters. The Morgan fingerprint density at radius 3 is 2.41 bits per heavy atom. The van der Waals surface area contributed by atoms with E-state index in [-0.39, 0.29) is 11.1 Å². The lowest BCUT2D eigenvalue weighted by molar-refractivity contribution is -0.123. The van der Waals surface area contributed by atoms with Crippen molar-refractivity contribution < 1.29 is 14.3 Å². The van der Waals surface area contributed by atoms with Crippen LogP contribution in [0.25, 0.3) is 6.08 Å². The van der Waals surface area contributed by atoms with Gasteiger partial charge in [-0.1, -0.05) is 43.7 Å². The number of imide groups is 1. The first-order valence-corrected chi connectivity index (χ1v) is 10.7. The number of thioether (sulfide) groups is 1. The van der Waals surface area contributed by atoms with Gasteiger partial charge in [0.2, 0.25) is 0 Å². The van der Waals surface area contributed by atoms with Gasteiger partial charge >= 0.3 is 0 Å². The quantitative estimate of drug-likeness (QED) is 0.544. The van der Waals surface area contributed by atoms with E-state index in [0.717, 1.165) is 45.3 Å². The zero-order valence-electron chi connectivity index (χ0n) is 17.6. The third-order valence-electron chi connectivity index (χ3n) is 4.94. The molecule has 0 spiro atoms. The van der Waals surface area contributed by atoms with E-state index in [0.29, 0.717) is 24.0 Å². The Labute approximate surface area is 176 Å². The van der Waals surface area contributed by atoms with Gasteiger partial charge in [0.1, 0.15) is 5.75 Å². The van der Waals surface area contributed by atoms with E-state index in [1.54, 1.807) is 0 Å². The normalized spacial score (nSPS) is 15.7. The number of hydrogen-bond acceptors (Lipinski definition) is 4. The lowest BCUT2D eigenvalue weighted by Crippen LogP contribution is -2.27. The summed E-state index contributed by atoms with van der Waals surface area (Å²) in [5, 5.41) is -0.227. The molecule has 2 aromatic carbocycles. The molecule has 29 heavy (non-hydrogen) atoms. The third-order valence-corrected chi connectivity index (χ3v) is 5.85. The maximum atomic E-state index is 12.9. The average molecular weight is 410 g/mol. The number of carbonyl (C=O) groups excluding carboxylic acids is 2. The first-order valence-electron chi connectivity index (χ1n) is 9.88. The standard InChI is InChI=1S/C24H27NO3S/c1-6-28-21-11-17(5)19(12-20(21)15(2)3)13-22-23(26)25(24(27)29-22)14-18-9-7-16(4)8-10-18/h7-13,15H,6,14H2,1-5H3/b22-13-. The largest absolute Gasteiger partial charge is 0.494 e. The highest BCUT2D eigenvalue weighted by Gasteiger charge is 2.35. The Bertz CT molecular complexity index is 961. The molecule has 0 N–H and O–H groups in total. The van der Waals surface area contributed by atoms with Crippen molar-refractivity contribution >= 4 is 29.0 Å². The molecule has 1 heterocycles. The zero-order chi connectivity index (χ0) is 21.1. The molecular formula is C24H27NO3S. The molecular weight excluding hydrogens is 382 g/mol. The van der Waals surface area contributed by atoms with Gasteiger partial charge in [-0.25, -0.2) is 0 Å². The third kappa shape index (κ3) is 4.73. The average Bonchev–Trinajstić information content (AvgIpc) is 2.93. The van der Waals surface area contributed by atoms with E-state index in [1.165, 1.54) is 4.90 Å². The SMILES string of the molecule is CCOc1cc(C)c(/C=C2\SC(=O)N(Cc3ccc(C)cc3)C2=O)cc1C(C)C. The lowest BCUT2D eigenvalue weighted by Gasteiger charge is -2.16. The fourth-order valence-electron chi connectivity index (χ4n) is 3.26. The number of hydrogen-bond donors (Lipinski definition) is 0. The summed E-state index contributed by atoms with van der Waals surface area (Å²) >= 11 is 1.00. The van der Waals surface area contributed by atoms with Crippen LogP contribution in [-0.2, 0) is 11.3 Å². The van der Waals surface area contributed by atoms with Gasteiger partial charge < -0.3 is 4.74 Å². The van der Waals surface area contributed by atoms with Gasteiger partial charge in [-0.05, 0) is 78.9 Å². The van der Waals surface area contributed by atoms with Crippen molar-refractivity contribution in [2.75, 3.05) is 6.61 Å². The summed E-state index contributed by atoms with van der Waals surface area (Å²) in [7, 11) is 0. The lowest BCUT2D eigenvalue weighted by atomic mass is 9.96. The van der Waals surface area contributed by atoms with Crippen molar-refractivity contribution in [1.29, 1.82) is 0 Å². The van der Waals surface area contributed by atoms with E-state index in [2.05, 4.69) is 19.9 Å². The molecule has 0 unspecified atom stereocenters. The molecule has 1 fully saturated rings. The minimum Gasteiger partial charge on any atom is -0.494 e. The van der Waals surface area contributed by atoms with Gasteiger partial charge in [0, 0.05) is 0 Å². The van der Waals surface area contributed by atoms with Crippen molar-refractivity contribution in [3.8, 4) is 5.75 Å². The van der Waals surface area contributed by atoms with Crippen LogP contribution in [0.1, 0.15) is 54.5 Å². The molecule has 0 radical (unpaired) electrons. The van der Waals surface area contributed by atoms with Crippen molar-refractivity contribution in [3.63, 3.8) is 0 Å². The van der Waals surface area contributed by atoms with Crippen LogP contribution in [0, 0.1) is 13.8 Å². The molecule has 0 aliphatic carbocycles. The summed E-state index contributed by atoms with van der Waals surface area (Å²) in [6.07, 6.45) is 1.83. The number of carbonyl (C=O) groups is 2. The smallest absolute Gasteiger partial charge is 0.293 e. The predicted molar refractivity (Wildman–Crippen MR) is 119 cm³/mol. The number of rotatable bonds is 6. The van der Waals surface area contributed by atoms with Crippen molar-refractivity contribution in [2.45, 2.75) is 47.1 Å². The van der Waals surface area contributed by atoms with Crippen molar-refractivity contribution in [2.24, 2.45) is 0 Å². The van der Waals surface area contributed by atoms with Gasteiger partial charge in [-0.2, -0.15) is 0 Å². The van der Waals surface area contributed by atoms with Crippen LogP contribution in [0.5, 0.6) is 5.75 Å². The highest BCUT2D eigenvalue weighted by atomic mass is 32.2.